The largest absolute Gasteiger partial charge is 0.322 e. The van der Waals surface area contributed by atoms with Gasteiger partial charge in [0.05, 0.1) is 0 Å². The van der Waals surface area contributed by atoms with Crippen LogP contribution in [0.4, 0.5) is 11.4 Å². The van der Waals surface area contributed by atoms with Gasteiger partial charge in [0, 0.05) is 23.1 Å². The van der Waals surface area contributed by atoms with Crippen LogP contribution in [-0.4, -0.2) is 16.8 Å². The number of aromatic nitrogens is 1. The monoisotopic (exact) mass is 405 g/mol. The summed E-state index contributed by atoms with van der Waals surface area (Å²) < 4.78 is 0. The van der Waals surface area contributed by atoms with Gasteiger partial charge in [-0.25, -0.2) is 4.98 Å². The summed E-state index contributed by atoms with van der Waals surface area (Å²) >= 11 is 6.13. The predicted octanol–water partition coefficient (Wildman–Crippen LogP) is 5.01. The molecule has 0 aliphatic carbocycles. The number of pyridine rings is 1. The summed E-state index contributed by atoms with van der Waals surface area (Å²) in [4.78, 5) is 30.0. The molecule has 1 heterocycles. The van der Waals surface area contributed by atoms with E-state index in [-0.39, 0.29) is 10.7 Å². The van der Waals surface area contributed by atoms with Crippen LogP contribution in [0.3, 0.4) is 0 Å². The average Bonchev–Trinajstić information content (AvgIpc) is 2.70. The van der Waals surface area contributed by atoms with E-state index in [4.69, 9.17) is 11.6 Å². The molecule has 146 valence electrons. The van der Waals surface area contributed by atoms with Crippen molar-refractivity contribution in [2.75, 3.05) is 10.6 Å². The first kappa shape index (κ1) is 20.3. The van der Waals surface area contributed by atoms with E-state index in [1.165, 1.54) is 6.08 Å². The summed E-state index contributed by atoms with van der Waals surface area (Å²) in [6.07, 6.45) is 2.98. The van der Waals surface area contributed by atoms with E-state index >= 15 is 0 Å². The normalized spacial score (nSPS) is 11.1. The molecule has 0 aliphatic heterocycles. The van der Waals surface area contributed by atoms with E-state index in [1.807, 2.05) is 38.1 Å². The number of nitrogens with one attached hydrogen (secondary N) is 2. The molecule has 0 radical (unpaired) electrons. The van der Waals surface area contributed by atoms with E-state index < -0.39 is 11.8 Å². The number of aryl methyl sites for hydroxylation is 2. The minimum Gasteiger partial charge on any atom is -0.322 e. The fourth-order valence-electron chi connectivity index (χ4n) is 2.81. The van der Waals surface area contributed by atoms with Gasteiger partial charge in [0.25, 0.3) is 11.8 Å². The van der Waals surface area contributed by atoms with Crippen LogP contribution in [0.1, 0.15) is 16.7 Å². The maximum Gasteiger partial charge on any atom is 0.261 e. The Morgan fingerprint density at radius 1 is 0.862 bits per heavy atom. The van der Waals surface area contributed by atoms with Gasteiger partial charge in [0.2, 0.25) is 0 Å². The Bertz CT molecular complexity index is 1060. The highest BCUT2D eigenvalue weighted by molar-refractivity contribution is 6.32. The molecule has 3 aromatic rings. The highest BCUT2D eigenvalue weighted by Gasteiger charge is 2.21. The number of hydrogen-bond donors (Lipinski definition) is 2. The fourth-order valence-corrected chi connectivity index (χ4v) is 2.98. The van der Waals surface area contributed by atoms with Gasteiger partial charge in [0.15, 0.2) is 0 Å². The van der Waals surface area contributed by atoms with Gasteiger partial charge in [-0.15, -0.1) is 0 Å². The smallest absolute Gasteiger partial charge is 0.261 e. The standard InChI is InChI=1S/C23H20ClN3O2/c1-15-8-6-9-16(2)20(15)27-23(29)19(14-17-10-7-13-25-21(17)24)22(28)26-18-11-4-3-5-12-18/h3-14H,1-2H3,(H,26,28)(H,27,29). The number of carbonyl (C=O) groups excluding carboxylic acids is 2. The summed E-state index contributed by atoms with van der Waals surface area (Å²) in [5.41, 5.74) is 3.46. The zero-order valence-corrected chi connectivity index (χ0v) is 16.8. The van der Waals surface area contributed by atoms with Gasteiger partial charge in [0.1, 0.15) is 10.7 Å². The van der Waals surface area contributed by atoms with E-state index in [1.54, 1.807) is 42.6 Å². The lowest BCUT2D eigenvalue weighted by atomic mass is 10.1. The fraction of sp³-hybridized carbons (Fsp3) is 0.0870. The van der Waals surface area contributed by atoms with Crippen molar-refractivity contribution < 1.29 is 9.59 Å². The van der Waals surface area contributed by atoms with Crippen molar-refractivity contribution in [2.24, 2.45) is 0 Å². The molecule has 29 heavy (non-hydrogen) atoms. The lowest BCUT2D eigenvalue weighted by Gasteiger charge is -2.14. The van der Waals surface area contributed by atoms with E-state index in [0.717, 1.165) is 11.1 Å². The molecule has 6 heteroatoms. The number of rotatable bonds is 5. The molecule has 0 spiro atoms. The van der Waals surface area contributed by atoms with Crippen LogP contribution >= 0.6 is 11.6 Å². The SMILES string of the molecule is Cc1cccc(C)c1NC(=O)C(=Cc1cccnc1Cl)C(=O)Nc1ccccc1. The summed E-state index contributed by atoms with van der Waals surface area (Å²) in [6, 6.07) is 18.0. The second kappa shape index (κ2) is 9.17. The minimum absolute atomic E-state index is 0.0774. The van der Waals surface area contributed by atoms with Gasteiger partial charge >= 0.3 is 0 Å². The molecular weight excluding hydrogens is 386 g/mol. The summed E-state index contributed by atoms with van der Waals surface area (Å²) in [7, 11) is 0. The topological polar surface area (TPSA) is 71.1 Å². The van der Waals surface area contributed by atoms with Gasteiger partial charge in [-0.2, -0.15) is 0 Å². The quantitative estimate of drug-likeness (QED) is 0.271. The van der Waals surface area contributed by atoms with Crippen molar-refractivity contribution in [1.29, 1.82) is 0 Å². The number of halogens is 1. The average molecular weight is 406 g/mol. The molecular formula is C23H20ClN3O2. The molecule has 5 nitrogen and oxygen atoms in total. The van der Waals surface area contributed by atoms with Crippen molar-refractivity contribution in [1.82, 2.24) is 4.98 Å². The number of anilines is 2. The van der Waals surface area contributed by atoms with Crippen LogP contribution in [0.15, 0.2) is 72.4 Å². The summed E-state index contributed by atoms with van der Waals surface area (Å²) in [5.74, 6) is -1.07. The highest BCUT2D eigenvalue weighted by Crippen LogP contribution is 2.22. The van der Waals surface area contributed by atoms with Crippen LogP contribution in [0, 0.1) is 13.8 Å². The molecule has 2 N–H and O–H groups in total. The van der Waals surface area contributed by atoms with Crippen molar-refractivity contribution >= 4 is 40.9 Å². The van der Waals surface area contributed by atoms with Crippen molar-refractivity contribution in [2.45, 2.75) is 13.8 Å². The molecule has 2 amide bonds. The molecule has 0 aliphatic rings. The molecule has 2 aromatic carbocycles. The Hall–Kier alpha value is -3.44. The molecule has 0 fully saturated rings. The Morgan fingerprint density at radius 3 is 2.17 bits per heavy atom. The lowest BCUT2D eigenvalue weighted by molar-refractivity contribution is -0.118. The third kappa shape index (κ3) is 5.09. The van der Waals surface area contributed by atoms with Crippen LogP contribution in [0.25, 0.3) is 6.08 Å². The predicted molar refractivity (Wildman–Crippen MR) is 117 cm³/mol. The number of hydrogen-bond acceptors (Lipinski definition) is 3. The third-order valence-electron chi connectivity index (χ3n) is 4.33. The van der Waals surface area contributed by atoms with Crippen LogP contribution in [0.5, 0.6) is 0 Å². The van der Waals surface area contributed by atoms with Gasteiger partial charge < -0.3 is 10.6 Å². The maximum absolute atomic E-state index is 13.1. The van der Waals surface area contributed by atoms with Crippen molar-refractivity contribution in [3.8, 4) is 0 Å². The molecule has 0 saturated carbocycles. The molecule has 3 rings (SSSR count). The van der Waals surface area contributed by atoms with E-state index in [0.29, 0.717) is 16.9 Å². The van der Waals surface area contributed by atoms with Crippen molar-refractivity contribution in [3.63, 3.8) is 0 Å². The zero-order valence-electron chi connectivity index (χ0n) is 16.1. The first-order valence-corrected chi connectivity index (χ1v) is 9.39. The van der Waals surface area contributed by atoms with Gasteiger partial charge in [-0.3, -0.25) is 9.59 Å². The van der Waals surface area contributed by atoms with E-state index in [2.05, 4.69) is 15.6 Å². The minimum atomic E-state index is -0.542. The molecule has 0 saturated heterocycles. The second-order valence-electron chi connectivity index (χ2n) is 6.48. The first-order valence-electron chi connectivity index (χ1n) is 9.02. The number of nitrogens with zero attached hydrogens (tertiary/aromatic N) is 1. The molecule has 0 unspecified atom stereocenters. The molecule has 1 aromatic heterocycles. The number of benzene rings is 2. The van der Waals surface area contributed by atoms with Crippen LogP contribution in [-0.2, 0) is 9.59 Å². The Labute approximate surface area is 174 Å². The van der Waals surface area contributed by atoms with Crippen LogP contribution in [0.2, 0.25) is 5.15 Å². The third-order valence-corrected chi connectivity index (χ3v) is 4.64. The highest BCUT2D eigenvalue weighted by atomic mass is 35.5. The lowest BCUT2D eigenvalue weighted by Crippen LogP contribution is -2.26. The summed E-state index contributed by atoms with van der Waals surface area (Å²) in [5, 5.41) is 5.81. The zero-order chi connectivity index (χ0) is 20.8. The maximum atomic E-state index is 13.1. The Morgan fingerprint density at radius 2 is 1.52 bits per heavy atom. The molecule has 0 bridgehead atoms. The van der Waals surface area contributed by atoms with Gasteiger partial charge in [-0.05, 0) is 49.2 Å². The first-order chi connectivity index (χ1) is 14.0. The Balaban J connectivity index is 1.97. The van der Waals surface area contributed by atoms with Crippen LogP contribution < -0.4 is 10.6 Å². The van der Waals surface area contributed by atoms with Crippen molar-refractivity contribution in [3.05, 3.63) is 94.3 Å². The summed E-state index contributed by atoms with van der Waals surface area (Å²) in [6.45, 7) is 3.79. The Kier molecular flexibility index (Phi) is 6.42. The number of carbonyl (C=O) groups is 2. The van der Waals surface area contributed by atoms with E-state index in [9.17, 15) is 9.59 Å². The van der Waals surface area contributed by atoms with Gasteiger partial charge in [-0.1, -0.05) is 54.1 Å². The molecule has 0 atom stereocenters. The number of amides is 2. The second-order valence-corrected chi connectivity index (χ2v) is 6.84. The number of para-hydroxylation sites is 2.